The molecule has 0 fully saturated rings. The van der Waals surface area contributed by atoms with Gasteiger partial charge in [-0.3, -0.25) is 0 Å². The van der Waals surface area contributed by atoms with Gasteiger partial charge in [-0.25, -0.2) is 0 Å². The van der Waals surface area contributed by atoms with Gasteiger partial charge in [0.1, 0.15) is 0 Å². The zero-order valence-electron chi connectivity index (χ0n) is 11.8. The molecule has 0 saturated heterocycles. The van der Waals surface area contributed by atoms with Crippen LogP contribution in [-0.4, -0.2) is 6.54 Å². The van der Waals surface area contributed by atoms with Crippen LogP contribution in [-0.2, 0) is 0 Å². The van der Waals surface area contributed by atoms with E-state index in [1.807, 2.05) is 12.1 Å². The van der Waals surface area contributed by atoms with Crippen molar-refractivity contribution >= 4 is 11.6 Å². The van der Waals surface area contributed by atoms with E-state index >= 15 is 0 Å². The molecule has 0 amide bonds. The van der Waals surface area contributed by atoms with Crippen molar-refractivity contribution in [2.45, 2.75) is 51.5 Å². The van der Waals surface area contributed by atoms with E-state index < -0.39 is 0 Å². The smallest absolute Gasteiger partial charge is 0.0550 e. The SMILES string of the molecule is CCCNC(C1=CCCCCC1)c1ccccc1Cl. The number of nitrogens with one attached hydrogen (secondary N) is 1. The second kappa shape index (κ2) is 7.72. The van der Waals surface area contributed by atoms with E-state index in [4.69, 9.17) is 11.6 Å². The van der Waals surface area contributed by atoms with Gasteiger partial charge in [-0.15, -0.1) is 0 Å². The van der Waals surface area contributed by atoms with E-state index in [0.29, 0.717) is 6.04 Å². The molecule has 1 aromatic rings. The van der Waals surface area contributed by atoms with E-state index in [0.717, 1.165) is 18.0 Å². The molecule has 0 radical (unpaired) electrons. The topological polar surface area (TPSA) is 12.0 Å². The average Bonchev–Trinajstić information content (AvgIpc) is 2.70. The van der Waals surface area contributed by atoms with Crippen LogP contribution < -0.4 is 5.32 Å². The maximum absolute atomic E-state index is 6.39. The van der Waals surface area contributed by atoms with Crippen molar-refractivity contribution < 1.29 is 0 Å². The molecule has 1 aliphatic rings. The molecule has 1 aliphatic carbocycles. The first kappa shape index (κ1) is 14.6. The van der Waals surface area contributed by atoms with Crippen molar-refractivity contribution in [2.75, 3.05) is 6.54 Å². The molecule has 0 spiro atoms. The van der Waals surface area contributed by atoms with Gasteiger partial charge < -0.3 is 5.32 Å². The monoisotopic (exact) mass is 277 g/mol. The molecular weight excluding hydrogens is 254 g/mol. The highest BCUT2D eigenvalue weighted by Crippen LogP contribution is 2.32. The molecule has 0 aromatic heterocycles. The van der Waals surface area contributed by atoms with Crippen LogP contribution in [0.4, 0.5) is 0 Å². The quantitative estimate of drug-likeness (QED) is 0.723. The van der Waals surface area contributed by atoms with Crippen LogP contribution >= 0.6 is 11.6 Å². The summed E-state index contributed by atoms with van der Waals surface area (Å²) in [4.78, 5) is 0. The summed E-state index contributed by atoms with van der Waals surface area (Å²) >= 11 is 6.39. The lowest BCUT2D eigenvalue weighted by atomic mass is 9.95. The average molecular weight is 278 g/mol. The van der Waals surface area contributed by atoms with Crippen LogP contribution in [0.2, 0.25) is 5.02 Å². The van der Waals surface area contributed by atoms with E-state index in [1.165, 1.54) is 43.2 Å². The van der Waals surface area contributed by atoms with Gasteiger partial charge in [0.2, 0.25) is 0 Å². The summed E-state index contributed by atoms with van der Waals surface area (Å²) in [6.45, 7) is 3.24. The Balaban J connectivity index is 2.24. The van der Waals surface area contributed by atoms with Crippen molar-refractivity contribution in [3.05, 3.63) is 46.5 Å². The Bertz CT molecular complexity index is 425. The molecular formula is C17H24ClN. The molecule has 1 aromatic carbocycles. The number of allylic oxidation sites excluding steroid dienone is 1. The Morgan fingerprint density at radius 3 is 2.84 bits per heavy atom. The van der Waals surface area contributed by atoms with Gasteiger partial charge in [-0.05, 0) is 50.3 Å². The van der Waals surface area contributed by atoms with Gasteiger partial charge in [-0.2, -0.15) is 0 Å². The third-order valence-corrected chi connectivity index (χ3v) is 4.11. The highest BCUT2D eigenvalue weighted by Gasteiger charge is 2.18. The van der Waals surface area contributed by atoms with Crippen molar-refractivity contribution in [2.24, 2.45) is 0 Å². The molecule has 1 atom stereocenters. The predicted octanol–water partition coefficient (Wildman–Crippen LogP) is 5.27. The minimum atomic E-state index is 0.298. The van der Waals surface area contributed by atoms with E-state index in [-0.39, 0.29) is 0 Å². The van der Waals surface area contributed by atoms with Crippen LogP contribution in [0.25, 0.3) is 0 Å². The standard InChI is InChI=1S/C17H24ClN/c1-2-13-19-17(14-9-5-3-4-6-10-14)15-11-7-8-12-16(15)18/h7-9,11-12,17,19H,2-6,10,13H2,1H3. The number of rotatable bonds is 5. The van der Waals surface area contributed by atoms with Gasteiger partial charge in [-0.1, -0.05) is 54.8 Å². The zero-order chi connectivity index (χ0) is 13.5. The molecule has 1 N–H and O–H groups in total. The normalized spacial score (nSPS) is 17.7. The minimum absolute atomic E-state index is 0.298. The molecule has 1 nitrogen and oxygen atoms in total. The summed E-state index contributed by atoms with van der Waals surface area (Å²) in [6.07, 6.45) is 9.98. The fourth-order valence-electron chi connectivity index (χ4n) is 2.74. The Labute approximate surface area is 122 Å². The molecule has 0 heterocycles. The summed E-state index contributed by atoms with van der Waals surface area (Å²) in [5.41, 5.74) is 2.75. The summed E-state index contributed by atoms with van der Waals surface area (Å²) in [7, 11) is 0. The molecule has 0 aliphatic heterocycles. The summed E-state index contributed by atoms with van der Waals surface area (Å²) < 4.78 is 0. The Hall–Kier alpha value is -0.790. The molecule has 0 bridgehead atoms. The second-order valence-electron chi connectivity index (χ2n) is 5.29. The van der Waals surface area contributed by atoms with Crippen molar-refractivity contribution in [1.29, 1.82) is 0 Å². The van der Waals surface area contributed by atoms with Gasteiger partial charge in [0.25, 0.3) is 0 Å². The maximum atomic E-state index is 6.39. The van der Waals surface area contributed by atoms with Crippen LogP contribution in [0, 0.1) is 0 Å². The van der Waals surface area contributed by atoms with Crippen molar-refractivity contribution in [1.82, 2.24) is 5.32 Å². The summed E-state index contributed by atoms with van der Waals surface area (Å²) in [6, 6.07) is 8.53. The molecule has 104 valence electrons. The molecule has 2 rings (SSSR count). The van der Waals surface area contributed by atoms with Crippen LogP contribution in [0.15, 0.2) is 35.9 Å². The van der Waals surface area contributed by atoms with E-state index in [2.05, 4.69) is 30.4 Å². The number of halogens is 1. The first-order valence-corrected chi connectivity index (χ1v) is 7.87. The second-order valence-corrected chi connectivity index (χ2v) is 5.69. The number of benzene rings is 1. The fraction of sp³-hybridized carbons (Fsp3) is 0.529. The van der Waals surface area contributed by atoms with Gasteiger partial charge in [0, 0.05) is 5.02 Å². The highest BCUT2D eigenvalue weighted by molar-refractivity contribution is 6.31. The molecule has 19 heavy (non-hydrogen) atoms. The number of hydrogen-bond donors (Lipinski definition) is 1. The minimum Gasteiger partial charge on any atom is -0.306 e. The predicted molar refractivity (Wildman–Crippen MR) is 83.7 cm³/mol. The fourth-order valence-corrected chi connectivity index (χ4v) is 2.99. The maximum Gasteiger partial charge on any atom is 0.0550 e. The molecule has 1 unspecified atom stereocenters. The zero-order valence-corrected chi connectivity index (χ0v) is 12.5. The van der Waals surface area contributed by atoms with E-state index in [9.17, 15) is 0 Å². The van der Waals surface area contributed by atoms with Crippen LogP contribution in [0.1, 0.15) is 57.1 Å². The van der Waals surface area contributed by atoms with Crippen LogP contribution in [0.5, 0.6) is 0 Å². The molecule has 2 heteroatoms. The largest absolute Gasteiger partial charge is 0.306 e. The van der Waals surface area contributed by atoms with E-state index in [1.54, 1.807) is 0 Å². The van der Waals surface area contributed by atoms with Crippen molar-refractivity contribution in [3.63, 3.8) is 0 Å². The third kappa shape index (κ3) is 4.09. The first-order valence-electron chi connectivity index (χ1n) is 7.49. The van der Waals surface area contributed by atoms with Crippen molar-refractivity contribution in [3.8, 4) is 0 Å². The Morgan fingerprint density at radius 1 is 1.21 bits per heavy atom. The summed E-state index contributed by atoms with van der Waals surface area (Å²) in [5.74, 6) is 0. The lowest BCUT2D eigenvalue weighted by Crippen LogP contribution is -2.24. The number of hydrogen-bond acceptors (Lipinski definition) is 1. The highest BCUT2D eigenvalue weighted by atomic mass is 35.5. The lowest BCUT2D eigenvalue weighted by molar-refractivity contribution is 0.567. The van der Waals surface area contributed by atoms with Gasteiger partial charge in [0.05, 0.1) is 6.04 Å². The first-order chi connectivity index (χ1) is 9.33. The van der Waals surface area contributed by atoms with Crippen LogP contribution in [0.3, 0.4) is 0 Å². The third-order valence-electron chi connectivity index (χ3n) is 3.76. The summed E-state index contributed by atoms with van der Waals surface area (Å²) in [5, 5.41) is 4.55. The molecule has 0 saturated carbocycles. The Kier molecular flexibility index (Phi) is 5.93. The van der Waals surface area contributed by atoms with Gasteiger partial charge in [0.15, 0.2) is 0 Å². The Morgan fingerprint density at radius 2 is 2.05 bits per heavy atom. The lowest BCUT2D eigenvalue weighted by Gasteiger charge is -2.23. The van der Waals surface area contributed by atoms with Gasteiger partial charge >= 0.3 is 0 Å².